The van der Waals surface area contributed by atoms with Crippen molar-refractivity contribution in [2.75, 3.05) is 93.1 Å². The molecule has 2 heterocycles. The Kier molecular flexibility index (Phi) is 15.3. The van der Waals surface area contributed by atoms with Crippen molar-refractivity contribution in [3.05, 3.63) is 106 Å². The third-order valence-electron chi connectivity index (χ3n) is 9.03. The van der Waals surface area contributed by atoms with Crippen molar-refractivity contribution < 1.29 is 28.5 Å². The molecular formula is C42H48N10O6. The highest BCUT2D eigenvalue weighted by Crippen LogP contribution is 2.29. The molecule has 2 aromatic heterocycles. The smallest absolute Gasteiger partial charge is 0.251 e. The van der Waals surface area contributed by atoms with Crippen LogP contribution in [0.25, 0.3) is 66.4 Å². The van der Waals surface area contributed by atoms with Crippen LogP contribution in [0.15, 0.2) is 90.0 Å². The minimum Gasteiger partial charge on any atom is -0.379 e. The number of likely N-dealkylation sites (N-methyl/N-ethyl adjacent to an activating group) is 1. The van der Waals surface area contributed by atoms with E-state index in [1.807, 2.05) is 67.5 Å². The largest absolute Gasteiger partial charge is 0.379 e. The molecule has 0 unspecified atom stereocenters. The topological polar surface area (TPSA) is 204 Å². The van der Waals surface area contributed by atoms with E-state index in [1.165, 1.54) is 0 Å². The highest BCUT2D eigenvalue weighted by atomic mass is 16.6. The number of fused-ring (bicyclic) bond motifs is 2. The van der Waals surface area contributed by atoms with E-state index in [4.69, 9.17) is 34.4 Å². The first-order valence-electron chi connectivity index (χ1n) is 19.1. The van der Waals surface area contributed by atoms with Crippen LogP contribution in [-0.4, -0.2) is 130 Å². The quantitative estimate of drug-likeness (QED) is 0.0266. The molecule has 6 aromatic rings. The summed E-state index contributed by atoms with van der Waals surface area (Å²) in [6.07, 6.45) is 0. The Morgan fingerprint density at radius 1 is 0.621 bits per heavy atom. The van der Waals surface area contributed by atoms with Gasteiger partial charge in [0.25, 0.3) is 11.8 Å². The van der Waals surface area contributed by atoms with Crippen LogP contribution in [-0.2, 0) is 18.9 Å². The Labute approximate surface area is 335 Å². The third kappa shape index (κ3) is 11.9. The number of nitrogens with one attached hydrogen (secondary N) is 4. The maximum atomic E-state index is 12.7. The molecule has 0 saturated heterocycles. The van der Waals surface area contributed by atoms with Crippen molar-refractivity contribution in [2.45, 2.75) is 0 Å². The first-order valence-corrected chi connectivity index (χ1v) is 19.1. The number of hydrogen-bond donors (Lipinski definition) is 4. The average Bonchev–Trinajstić information content (AvgIpc) is 3.88. The Hall–Kier alpha value is -6.13. The first kappa shape index (κ1) is 41.5. The zero-order valence-corrected chi connectivity index (χ0v) is 32.7. The Morgan fingerprint density at radius 2 is 1.05 bits per heavy atom. The van der Waals surface area contributed by atoms with Crippen molar-refractivity contribution in [1.82, 2.24) is 35.5 Å². The fraction of sp³-hybridized carbons (Fsp3) is 0.333. The van der Waals surface area contributed by atoms with Gasteiger partial charge >= 0.3 is 0 Å². The molecule has 16 heteroatoms. The minimum atomic E-state index is -0.186. The van der Waals surface area contributed by atoms with Gasteiger partial charge in [0.1, 0.15) is 11.6 Å². The number of benzene rings is 4. The van der Waals surface area contributed by atoms with Gasteiger partial charge < -0.3 is 44.4 Å². The first-order chi connectivity index (χ1) is 28.4. The van der Waals surface area contributed by atoms with Gasteiger partial charge in [0.2, 0.25) is 0 Å². The average molecular weight is 789 g/mol. The molecule has 2 amide bonds. The summed E-state index contributed by atoms with van der Waals surface area (Å²) in [5, 5.41) is 9.20. The van der Waals surface area contributed by atoms with Gasteiger partial charge in [-0.05, 0) is 79.3 Å². The lowest BCUT2D eigenvalue weighted by Gasteiger charge is -2.10. The van der Waals surface area contributed by atoms with Crippen LogP contribution in [0.4, 0.5) is 0 Å². The number of nitrogens with zero attached hydrogens (tertiary/aromatic N) is 6. The maximum Gasteiger partial charge on any atom is 0.251 e. The Bertz CT molecular complexity index is 2300. The van der Waals surface area contributed by atoms with E-state index in [2.05, 4.69) is 54.9 Å². The minimum absolute atomic E-state index is 0.0971. The van der Waals surface area contributed by atoms with Gasteiger partial charge in [0.15, 0.2) is 0 Å². The second kappa shape index (κ2) is 21.4. The van der Waals surface area contributed by atoms with Crippen LogP contribution in [0.1, 0.15) is 20.7 Å². The van der Waals surface area contributed by atoms with E-state index >= 15 is 0 Å². The molecule has 302 valence electrons. The number of carbonyl (C=O) groups is 2. The summed E-state index contributed by atoms with van der Waals surface area (Å²) >= 11 is 0. The molecule has 0 aliphatic carbocycles. The van der Waals surface area contributed by atoms with Crippen LogP contribution in [0.5, 0.6) is 0 Å². The van der Waals surface area contributed by atoms with E-state index in [0.29, 0.717) is 89.4 Å². The molecule has 0 aliphatic rings. The summed E-state index contributed by atoms with van der Waals surface area (Å²) in [7, 11) is 3.94. The number of H-pyrrole nitrogens is 2. The van der Waals surface area contributed by atoms with Crippen molar-refractivity contribution in [1.29, 1.82) is 0 Å². The van der Waals surface area contributed by atoms with Crippen molar-refractivity contribution in [2.24, 2.45) is 5.11 Å². The number of hydrogen-bond acceptors (Lipinski definition) is 10. The molecular weight excluding hydrogens is 741 g/mol. The van der Waals surface area contributed by atoms with E-state index in [0.717, 1.165) is 56.7 Å². The number of imidazole rings is 2. The Balaban J connectivity index is 0.943. The number of aromatic nitrogens is 4. The van der Waals surface area contributed by atoms with E-state index in [1.54, 1.807) is 12.1 Å². The molecule has 0 aliphatic heterocycles. The highest BCUT2D eigenvalue weighted by Gasteiger charge is 2.12. The summed E-state index contributed by atoms with van der Waals surface area (Å²) in [4.78, 5) is 46.4. The molecule has 6 rings (SSSR count). The monoisotopic (exact) mass is 788 g/mol. The van der Waals surface area contributed by atoms with Gasteiger partial charge in [-0.2, -0.15) is 0 Å². The fourth-order valence-corrected chi connectivity index (χ4v) is 5.95. The predicted octanol–water partition coefficient (Wildman–Crippen LogP) is 5.84. The SMILES string of the molecule is CN(C)CCNC(=O)c1ccc(-c2nc3cc(-c4ccc5[nH]c(-c6ccc(C(=O)NCCOCCOCCOCCOCCN=[N+]=[N-])cc6)nc5c4)ccc3[nH]2)cc1. The summed E-state index contributed by atoms with van der Waals surface area (Å²) in [5.41, 5.74) is 16.6. The molecule has 0 bridgehead atoms. The molecule has 0 spiro atoms. The highest BCUT2D eigenvalue weighted by molar-refractivity contribution is 5.95. The maximum absolute atomic E-state index is 12.7. The van der Waals surface area contributed by atoms with Crippen LogP contribution in [0, 0.1) is 0 Å². The van der Waals surface area contributed by atoms with E-state index < -0.39 is 0 Å². The van der Waals surface area contributed by atoms with Gasteiger partial charge in [-0.3, -0.25) is 9.59 Å². The lowest BCUT2D eigenvalue weighted by atomic mass is 10.0. The number of carbonyl (C=O) groups excluding carboxylic acids is 2. The van der Waals surface area contributed by atoms with Gasteiger partial charge in [-0.15, -0.1) is 0 Å². The number of amides is 2. The van der Waals surface area contributed by atoms with Crippen LogP contribution >= 0.6 is 0 Å². The number of ether oxygens (including phenoxy) is 4. The normalized spacial score (nSPS) is 11.3. The number of rotatable bonds is 23. The van der Waals surface area contributed by atoms with Gasteiger partial charge in [-0.25, -0.2) is 9.97 Å². The zero-order valence-electron chi connectivity index (χ0n) is 32.7. The van der Waals surface area contributed by atoms with Crippen LogP contribution in [0.2, 0.25) is 0 Å². The van der Waals surface area contributed by atoms with Crippen LogP contribution in [0.3, 0.4) is 0 Å². The third-order valence-corrected chi connectivity index (χ3v) is 9.03. The Morgan fingerprint density at radius 3 is 1.52 bits per heavy atom. The lowest BCUT2D eigenvalue weighted by molar-refractivity contribution is -0.000572. The van der Waals surface area contributed by atoms with E-state index in [9.17, 15) is 9.59 Å². The van der Waals surface area contributed by atoms with Crippen molar-refractivity contribution in [3.8, 4) is 33.9 Å². The second-order valence-corrected chi connectivity index (χ2v) is 13.5. The zero-order chi connectivity index (χ0) is 40.5. The summed E-state index contributed by atoms with van der Waals surface area (Å²) < 4.78 is 21.7. The van der Waals surface area contributed by atoms with E-state index in [-0.39, 0.29) is 11.8 Å². The lowest BCUT2D eigenvalue weighted by Crippen LogP contribution is -2.31. The molecule has 58 heavy (non-hydrogen) atoms. The molecule has 4 aromatic carbocycles. The molecule has 16 nitrogen and oxygen atoms in total. The van der Waals surface area contributed by atoms with Crippen molar-refractivity contribution in [3.63, 3.8) is 0 Å². The number of aromatic amines is 2. The molecule has 0 radical (unpaired) electrons. The van der Waals surface area contributed by atoms with Crippen molar-refractivity contribution >= 4 is 33.9 Å². The second-order valence-electron chi connectivity index (χ2n) is 13.5. The summed E-state index contributed by atoms with van der Waals surface area (Å²) in [5.74, 6) is 1.15. The molecule has 0 fully saturated rings. The standard InChI is InChI=1S/C42H48N10O6/c1-52(2)18-15-44-41(53)31-7-3-29(4-8-31)39-47-35-13-11-33(27-37(35)49-39)34-12-14-36-38(28-34)50-40(48-36)30-5-9-32(10-6-30)42(54)45-16-19-55-21-23-57-25-26-58-24-22-56-20-17-46-51-43/h3-14,27-28H,15-26H2,1-2H3,(H,44,53)(H,45,54)(H,47,49)(H,48,50). The number of azide groups is 1. The fourth-order valence-electron chi connectivity index (χ4n) is 5.95. The molecule has 0 saturated carbocycles. The van der Waals surface area contributed by atoms with Crippen LogP contribution < -0.4 is 10.6 Å². The van der Waals surface area contributed by atoms with Gasteiger partial charge in [-0.1, -0.05) is 41.5 Å². The molecule has 4 N–H and O–H groups in total. The molecule has 0 atom stereocenters. The van der Waals surface area contributed by atoms with Gasteiger partial charge in [0, 0.05) is 53.3 Å². The predicted molar refractivity (Wildman–Crippen MR) is 223 cm³/mol. The van der Waals surface area contributed by atoms with Gasteiger partial charge in [0.05, 0.1) is 74.9 Å². The summed E-state index contributed by atoms with van der Waals surface area (Å²) in [6.45, 7) is 5.36. The summed E-state index contributed by atoms with van der Waals surface area (Å²) in [6, 6.07) is 27.0.